The molecule has 4 heteroatoms. The summed E-state index contributed by atoms with van der Waals surface area (Å²) >= 11 is 0. The minimum absolute atomic E-state index is 0.178. The second-order valence-corrected chi connectivity index (χ2v) is 3.41. The molecule has 0 aliphatic carbocycles. The molecule has 1 fully saturated rings. The van der Waals surface area contributed by atoms with Crippen LogP contribution < -0.4 is 5.32 Å². The highest BCUT2D eigenvalue weighted by molar-refractivity contribution is 5.69. The van der Waals surface area contributed by atoms with E-state index in [1.165, 1.54) is 0 Å². The summed E-state index contributed by atoms with van der Waals surface area (Å²) in [5, 5.41) is 2.74. The Bertz CT molecular complexity index is 294. The first-order chi connectivity index (χ1) is 6.84. The number of carbonyl (C=O) groups excluding carboxylic acids is 1. The lowest BCUT2D eigenvalue weighted by molar-refractivity contribution is 0.176. The molecule has 1 N–H and O–H groups in total. The molecule has 1 aliphatic rings. The zero-order chi connectivity index (χ0) is 9.80. The number of cyclic esters (lactones) is 1. The Morgan fingerprint density at radius 2 is 2.50 bits per heavy atom. The number of furan rings is 1. The summed E-state index contributed by atoms with van der Waals surface area (Å²) in [6.45, 7) is 0.497. The van der Waals surface area contributed by atoms with Gasteiger partial charge in [0.2, 0.25) is 0 Å². The van der Waals surface area contributed by atoms with Gasteiger partial charge in [0, 0.05) is 6.42 Å². The average Bonchev–Trinajstić information content (AvgIpc) is 2.77. The summed E-state index contributed by atoms with van der Waals surface area (Å²) in [7, 11) is 0. The quantitative estimate of drug-likeness (QED) is 0.795. The van der Waals surface area contributed by atoms with Gasteiger partial charge in [-0.2, -0.15) is 0 Å². The van der Waals surface area contributed by atoms with Gasteiger partial charge in [0.25, 0.3) is 0 Å². The number of rotatable bonds is 4. The Balaban J connectivity index is 1.66. The summed E-state index contributed by atoms with van der Waals surface area (Å²) in [5.41, 5.74) is 0. The lowest BCUT2D eigenvalue weighted by atomic mass is 10.1. The molecule has 1 aromatic heterocycles. The molecule has 0 bridgehead atoms. The van der Waals surface area contributed by atoms with Crippen molar-refractivity contribution < 1.29 is 13.9 Å². The van der Waals surface area contributed by atoms with Crippen LogP contribution in [0.1, 0.15) is 18.6 Å². The highest BCUT2D eigenvalue weighted by atomic mass is 16.6. The molecule has 2 rings (SSSR count). The minimum Gasteiger partial charge on any atom is -0.469 e. The van der Waals surface area contributed by atoms with E-state index in [1.54, 1.807) is 6.26 Å². The van der Waals surface area contributed by atoms with Crippen molar-refractivity contribution in [3.8, 4) is 0 Å². The van der Waals surface area contributed by atoms with Gasteiger partial charge in [-0.3, -0.25) is 0 Å². The van der Waals surface area contributed by atoms with Gasteiger partial charge in [-0.15, -0.1) is 0 Å². The van der Waals surface area contributed by atoms with Crippen molar-refractivity contribution in [3.05, 3.63) is 24.2 Å². The van der Waals surface area contributed by atoms with Gasteiger partial charge in [0.15, 0.2) is 0 Å². The number of hydrogen-bond acceptors (Lipinski definition) is 3. The fourth-order valence-electron chi connectivity index (χ4n) is 1.56. The molecule has 1 saturated heterocycles. The normalized spacial score (nSPS) is 20.6. The Hall–Kier alpha value is -1.45. The molecular weight excluding hydrogens is 182 g/mol. The van der Waals surface area contributed by atoms with Crippen molar-refractivity contribution in [1.82, 2.24) is 5.32 Å². The fourth-order valence-corrected chi connectivity index (χ4v) is 1.56. The van der Waals surface area contributed by atoms with Crippen LogP contribution in [-0.4, -0.2) is 18.7 Å². The summed E-state index contributed by atoms with van der Waals surface area (Å²) < 4.78 is 9.98. The number of hydrogen-bond donors (Lipinski definition) is 1. The van der Waals surface area contributed by atoms with Crippen LogP contribution in [0.4, 0.5) is 4.79 Å². The summed E-state index contributed by atoms with van der Waals surface area (Å²) in [5.74, 6) is 0.996. The smallest absolute Gasteiger partial charge is 0.407 e. The lowest BCUT2D eigenvalue weighted by Crippen LogP contribution is -2.25. The Morgan fingerprint density at radius 1 is 1.57 bits per heavy atom. The van der Waals surface area contributed by atoms with Crippen LogP contribution in [-0.2, 0) is 11.2 Å². The molecular formula is C10H13NO3. The van der Waals surface area contributed by atoms with E-state index in [2.05, 4.69) is 5.32 Å². The number of amides is 1. The Kier molecular flexibility index (Phi) is 2.72. The first-order valence-electron chi connectivity index (χ1n) is 4.80. The first kappa shape index (κ1) is 9.12. The topological polar surface area (TPSA) is 51.5 Å². The molecule has 1 atom stereocenters. The van der Waals surface area contributed by atoms with Crippen molar-refractivity contribution in [2.45, 2.75) is 25.3 Å². The SMILES string of the molecule is O=C1NC(CCCc2ccco2)CO1. The van der Waals surface area contributed by atoms with Crippen LogP contribution in [0, 0.1) is 0 Å². The third kappa shape index (κ3) is 2.28. The zero-order valence-corrected chi connectivity index (χ0v) is 7.86. The molecule has 4 nitrogen and oxygen atoms in total. The first-order valence-corrected chi connectivity index (χ1v) is 4.80. The monoisotopic (exact) mass is 195 g/mol. The number of ether oxygens (including phenoxy) is 1. The maximum Gasteiger partial charge on any atom is 0.407 e. The third-order valence-electron chi connectivity index (χ3n) is 2.29. The van der Waals surface area contributed by atoms with Crippen LogP contribution >= 0.6 is 0 Å². The number of carbonyl (C=O) groups is 1. The van der Waals surface area contributed by atoms with Crippen LogP contribution in [0.2, 0.25) is 0 Å². The molecule has 0 radical (unpaired) electrons. The van der Waals surface area contributed by atoms with E-state index in [0.717, 1.165) is 25.0 Å². The van der Waals surface area contributed by atoms with E-state index in [-0.39, 0.29) is 12.1 Å². The van der Waals surface area contributed by atoms with Crippen molar-refractivity contribution in [3.63, 3.8) is 0 Å². The van der Waals surface area contributed by atoms with E-state index in [0.29, 0.717) is 6.61 Å². The van der Waals surface area contributed by atoms with E-state index in [1.807, 2.05) is 12.1 Å². The highest BCUT2D eigenvalue weighted by Crippen LogP contribution is 2.09. The molecule has 1 aliphatic heterocycles. The van der Waals surface area contributed by atoms with Gasteiger partial charge in [-0.05, 0) is 25.0 Å². The van der Waals surface area contributed by atoms with Crippen molar-refractivity contribution in [2.24, 2.45) is 0 Å². The van der Waals surface area contributed by atoms with Crippen molar-refractivity contribution >= 4 is 6.09 Å². The predicted molar refractivity (Wildman–Crippen MR) is 49.9 cm³/mol. The van der Waals surface area contributed by atoms with Crippen molar-refractivity contribution in [1.29, 1.82) is 0 Å². The Labute approximate surface area is 82.2 Å². The van der Waals surface area contributed by atoms with Crippen LogP contribution in [0.15, 0.2) is 22.8 Å². The highest BCUT2D eigenvalue weighted by Gasteiger charge is 2.21. The molecule has 0 saturated carbocycles. The predicted octanol–water partition coefficient (Wildman–Crippen LogP) is 1.71. The molecule has 76 valence electrons. The van der Waals surface area contributed by atoms with Crippen LogP contribution in [0.3, 0.4) is 0 Å². The molecule has 1 unspecified atom stereocenters. The molecule has 1 aromatic rings. The molecule has 0 spiro atoms. The zero-order valence-electron chi connectivity index (χ0n) is 7.86. The summed E-state index contributed by atoms with van der Waals surface area (Å²) in [6, 6.07) is 4.02. The molecule has 0 aromatic carbocycles. The summed E-state index contributed by atoms with van der Waals surface area (Å²) in [4.78, 5) is 10.7. The second-order valence-electron chi connectivity index (χ2n) is 3.41. The van der Waals surface area contributed by atoms with Crippen LogP contribution in [0.5, 0.6) is 0 Å². The van der Waals surface area contributed by atoms with E-state index in [4.69, 9.17) is 9.15 Å². The number of nitrogens with one attached hydrogen (secondary N) is 1. The second kappa shape index (κ2) is 4.17. The molecule has 2 heterocycles. The van der Waals surface area contributed by atoms with Crippen LogP contribution in [0.25, 0.3) is 0 Å². The fraction of sp³-hybridized carbons (Fsp3) is 0.500. The van der Waals surface area contributed by atoms with Gasteiger partial charge in [0.05, 0.1) is 12.3 Å². The van der Waals surface area contributed by atoms with E-state index >= 15 is 0 Å². The van der Waals surface area contributed by atoms with Gasteiger partial charge in [-0.1, -0.05) is 0 Å². The molecule has 14 heavy (non-hydrogen) atoms. The number of aryl methyl sites for hydroxylation is 1. The van der Waals surface area contributed by atoms with Gasteiger partial charge in [-0.25, -0.2) is 4.79 Å². The lowest BCUT2D eigenvalue weighted by Gasteiger charge is -2.04. The minimum atomic E-state index is -0.298. The van der Waals surface area contributed by atoms with Gasteiger partial charge < -0.3 is 14.5 Å². The van der Waals surface area contributed by atoms with Crippen molar-refractivity contribution in [2.75, 3.05) is 6.61 Å². The molecule has 1 amide bonds. The third-order valence-corrected chi connectivity index (χ3v) is 2.29. The average molecular weight is 195 g/mol. The maximum absolute atomic E-state index is 10.7. The maximum atomic E-state index is 10.7. The van der Waals surface area contributed by atoms with Gasteiger partial charge in [0.1, 0.15) is 12.4 Å². The van der Waals surface area contributed by atoms with E-state index in [9.17, 15) is 4.79 Å². The summed E-state index contributed by atoms with van der Waals surface area (Å²) in [6.07, 6.45) is 4.23. The van der Waals surface area contributed by atoms with Gasteiger partial charge >= 0.3 is 6.09 Å². The van der Waals surface area contributed by atoms with E-state index < -0.39 is 0 Å². The Morgan fingerprint density at radius 3 is 3.14 bits per heavy atom. The largest absolute Gasteiger partial charge is 0.469 e. The number of alkyl carbamates (subject to hydrolysis) is 1. The standard InChI is InChI=1S/C10H13NO3/c12-10-11-8(7-14-10)3-1-4-9-5-2-6-13-9/h2,5-6,8H,1,3-4,7H2,(H,11,12).